The summed E-state index contributed by atoms with van der Waals surface area (Å²) in [5.74, 6) is 0. The molecule has 1 amide bonds. The number of aromatic nitrogens is 3. The van der Waals surface area contributed by atoms with E-state index in [1.165, 1.54) is 17.1 Å². The van der Waals surface area contributed by atoms with Crippen molar-refractivity contribution in [1.82, 2.24) is 14.8 Å². The van der Waals surface area contributed by atoms with Crippen LogP contribution in [0.4, 0.5) is 10.5 Å². The standard InChI is InChI=1S/C14H15N5O4/c1-3-4-12(23-14(15)20)10-7-9(5-6-16-10)13-11(19(21)22)8-17-18(13)2/h3,5-8,12H,1,4H2,2H3,(H2,15,20)/t12-/m0/s1. The molecule has 2 rings (SSSR count). The SMILES string of the molecule is C=CC[C@H](OC(N)=O)c1cc(-c2c([N+](=O)[O-])cnn2C)ccn1. The van der Waals surface area contributed by atoms with Gasteiger partial charge in [-0.25, -0.2) is 4.79 Å². The van der Waals surface area contributed by atoms with E-state index >= 15 is 0 Å². The number of nitro groups is 1. The van der Waals surface area contributed by atoms with Gasteiger partial charge in [0.2, 0.25) is 0 Å². The van der Waals surface area contributed by atoms with Gasteiger partial charge in [0.15, 0.2) is 0 Å². The van der Waals surface area contributed by atoms with Gasteiger partial charge >= 0.3 is 11.8 Å². The monoisotopic (exact) mass is 317 g/mol. The molecule has 0 fully saturated rings. The van der Waals surface area contributed by atoms with E-state index in [-0.39, 0.29) is 5.69 Å². The number of amides is 1. The normalized spacial score (nSPS) is 11.7. The van der Waals surface area contributed by atoms with E-state index < -0.39 is 17.1 Å². The second-order valence-electron chi connectivity index (χ2n) is 4.68. The molecule has 2 N–H and O–H groups in total. The lowest BCUT2D eigenvalue weighted by Crippen LogP contribution is -2.18. The minimum absolute atomic E-state index is 0.124. The number of rotatable bonds is 6. The van der Waals surface area contributed by atoms with Crippen molar-refractivity contribution in [2.75, 3.05) is 0 Å². The fraction of sp³-hybridized carbons (Fsp3) is 0.214. The molecule has 0 aliphatic rings. The summed E-state index contributed by atoms with van der Waals surface area (Å²) in [7, 11) is 1.60. The Morgan fingerprint density at radius 2 is 2.39 bits per heavy atom. The van der Waals surface area contributed by atoms with Gasteiger partial charge in [-0.2, -0.15) is 5.10 Å². The summed E-state index contributed by atoms with van der Waals surface area (Å²) >= 11 is 0. The second kappa shape index (κ2) is 6.69. The van der Waals surface area contributed by atoms with Crippen molar-refractivity contribution in [3.8, 4) is 11.3 Å². The van der Waals surface area contributed by atoms with Crippen molar-refractivity contribution in [3.05, 3.63) is 53.0 Å². The zero-order chi connectivity index (χ0) is 17.0. The highest BCUT2D eigenvalue weighted by Gasteiger charge is 2.22. The molecule has 2 aromatic rings. The summed E-state index contributed by atoms with van der Waals surface area (Å²) in [6, 6.07) is 3.21. The maximum Gasteiger partial charge on any atom is 0.405 e. The van der Waals surface area contributed by atoms with Crippen LogP contribution in [-0.2, 0) is 11.8 Å². The van der Waals surface area contributed by atoms with Crippen molar-refractivity contribution < 1.29 is 14.5 Å². The summed E-state index contributed by atoms with van der Waals surface area (Å²) in [6.07, 6.45) is 2.88. The Kier molecular flexibility index (Phi) is 4.69. The number of aryl methyl sites for hydroxylation is 1. The van der Waals surface area contributed by atoms with E-state index in [9.17, 15) is 14.9 Å². The Bertz CT molecular complexity index is 755. The highest BCUT2D eigenvalue weighted by Crippen LogP contribution is 2.31. The predicted molar refractivity (Wildman–Crippen MR) is 81.3 cm³/mol. The summed E-state index contributed by atoms with van der Waals surface area (Å²) in [6.45, 7) is 3.59. The van der Waals surface area contributed by atoms with Crippen LogP contribution in [0.2, 0.25) is 0 Å². The summed E-state index contributed by atoms with van der Waals surface area (Å²) in [4.78, 5) is 25.8. The molecule has 0 aromatic carbocycles. The van der Waals surface area contributed by atoms with Crippen molar-refractivity contribution in [2.24, 2.45) is 12.8 Å². The molecule has 9 nitrogen and oxygen atoms in total. The molecule has 120 valence electrons. The summed E-state index contributed by atoms with van der Waals surface area (Å²) in [5, 5.41) is 15.0. The zero-order valence-electron chi connectivity index (χ0n) is 12.4. The lowest BCUT2D eigenvalue weighted by molar-refractivity contribution is -0.384. The van der Waals surface area contributed by atoms with Gasteiger partial charge in [0.1, 0.15) is 18.0 Å². The van der Waals surface area contributed by atoms with E-state index in [1.807, 2.05) is 0 Å². The fourth-order valence-electron chi connectivity index (χ4n) is 2.19. The molecule has 2 aromatic heterocycles. The lowest BCUT2D eigenvalue weighted by Gasteiger charge is -2.15. The number of hydrogen-bond acceptors (Lipinski definition) is 6. The van der Waals surface area contributed by atoms with Crippen LogP contribution in [0.5, 0.6) is 0 Å². The van der Waals surface area contributed by atoms with Crippen LogP contribution in [0, 0.1) is 10.1 Å². The first kappa shape index (κ1) is 16.1. The van der Waals surface area contributed by atoms with E-state index in [0.29, 0.717) is 23.4 Å². The first-order valence-electron chi connectivity index (χ1n) is 6.63. The Labute approximate surface area is 131 Å². The molecule has 0 saturated heterocycles. The van der Waals surface area contributed by atoms with Crippen molar-refractivity contribution in [3.63, 3.8) is 0 Å². The third-order valence-corrected chi connectivity index (χ3v) is 3.14. The summed E-state index contributed by atoms with van der Waals surface area (Å²) in [5.41, 5.74) is 6.20. The molecule has 2 heterocycles. The number of nitrogens with zero attached hydrogens (tertiary/aromatic N) is 4. The van der Waals surface area contributed by atoms with Crippen LogP contribution in [-0.4, -0.2) is 25.8 Å². The molecule has 0 bridgehead atoms. The quantitative estimate of drug-likeness (QED) is 0.494. The van der Waals surface area contributed by atoms with Gasteiger partial charge in [-0.05, 0) is 12.1 Å². The molecule has 0 radical (unpaired) electrons. The number of pyridine rings is 1. The van der Waals surface area contributed by atoms with Gasteiger partial charge < -0.3 is 10.5 Å². The van der Waals surface area contributed by atoms with Crippen molar-refractivity contribution >= 4 is 11.8 Å². The van der Waals surface area contributed by atoms with E-state index in [4.69, 9.17) is 10.5 Å². The van der Waals surface area contributed by atoms with Crippen LogP contribution in [0.3, 0.4) is 0 Å². The zero-order valence-corrected chi connectivity index (χ0v) is 12.4. The third kappa shape index (κ3) is 3.51. The number of nitrogens with two attached hydrogens (primary N) is 1. The average molecular weight is 317 g/mol. The van der Waals surface area contributed by atoms with Gasteiger partial charge in [-0.1, -0.05) is 6.08 Å². The minimum Gasteiger partial charge on any atom is -0.440 e. The maximum absolute atomic E-state index is 11.1. The van der Waals surface area contributed by atoms with Gasteiger partial charge in [0.25, 0.3) is 0 Å². The van der Waals surface area contributed by atoms with E-state index in [1.54, 1.807) is 25.3 Å². The number of carbonyl (C=O) groups is 1. The Hall–Kier alpha value is -3.23. The van der Waals surface area contributed by atoms with E-state index in [0.717, 1.165) is 0 Å². The largest absolute Gasteiger partial charge is 0.440 e. The van der Waals surface area contributed by atoms with Gasteiger partial charge in [0, 0.05) is 25.2 Å². The number of primary amides is 1. The topological polar surface area (TPSA) is 126 Å². The molecule has 23 heavy (non-hydrogen) atoms. The Morgan fingerprint density at radius 1 is 1.65 bits per heavy atom. The highest BCUT2D eigenvalue weighted by molar-refractivity contribution is 5.70. The molecular weight excluding hydrogens is 302 g/mol. The predicted octanol–water partition coefficient (Wildman–Crippen LogP) is 2.10. The molecule has 0 spiro atoms. The number of carbonyl (C=O) groups excluding carboxylic acids is 1. The van der Waals surface area contributed by atoms with Crippen LogP contribution in [0.25, 0.3) is 11.3 Å². The molecular formula is C14H15N5O4. The van der Waals surface area contributed by atoms with Gasteiger partial charge in [-0.3, -0.25) is 19.8 Å². The molecule has 9 heteroatoms. The van der Waals surface area contributed by atoms with Gasteiger partial charge in [-0.15, -0.1) is 6.58 Å². The molecule has 0 unspecified atom stereocenters. The first-order chi connectivity index (χ1) is 10.9. The second-order valence-corrected chi connectivity index (χ2v) is 4.68. The minimum atomic E-state index is -0.935. The smallest absolute Gasteiger partial charge is 0.405 e. The first-order valence-corrected chi connectivity index (χ1v) is 6.63. The molecule has 0 aliphatic carbocycles. The van der Waals surface area contributed by atoms with E-state index in [2.05, 4.69) is 16.7 Å². The third-order valence-electron chi connectivity index (χ3n) is 3.14. The number of hydrogen-bond donors (Lipinski definition) is 1. The van der Waals surface area contributed by atoms with Crippen LogP contribution in [0.1, 0.15) is 18.2 Å². The molecule has 1 atom stereocenters. The highest BCUT2D eigenvalue weighted by atomic mass is 16.6. The molecule has 0 aliphatic heterocycles. The lowest BCUT2D eigenvalue weighted by atomic mass is 10.1. The van der Waals surface area contributed by atoms with Crippen LogP contribution >= 0.6 is 0 Å². The number of ether oxygens (including phenoxy) is 1. The van der Waals surface area contributed by atoms with Crippen LogP contribution in [0.15, 0.2) is 37.2 Å². The van der Waals surface area contributed by atoms with Crippen LogP contribution < -0.4 is 5.73 Å². The maximum atomic E-state index is 11.1. The molecule has 0 saturated carbocycles. The fourth-order valence-corrected chi connectivity index (χ4v) is 2.19. The summed E-state index contributed by atoms with van der Waals surface area (Å²) < 4.78 is 6.40. The van der Waals surface area contributed by atoms with Crippen molar-refractivity contribution in [1.29, 1.82) is 0 Å². The van der Waals surface area contributed by atoms with Crippen molar-refractivity contribution in [2.45, 2.75) is 12.5 Å². The van der Waals surface area contributed by atoms with Gasteiger partial charge in [0.05, 0.1) is 10.6 Å². The Morgan fingerprint density at radius 3 is 3.00 bits per heavy atom. The Balaban J connectivity index is 2.47. The average Bonchev–Trinajstić information content (AvgIpc) is 2.88.